The molecule has 0 amide bonds. The maximum Gasteiger partial charge on any atom is 0.145 e. The van der Waals surface area contributed by atoms with Gasteiger partial charge in [0.2, 0.25) is 0 Å². The molecule has 0 saturated heterocycles. The highest BCUT2D eigenvalue weighted by molar-refractivity contribution is 6.30. The molecule has 0 aromatic heterocycles. The summed E-state index contributed by atoms with van der Waals surface area (Å²) in [6, 6.07) is 1.66. The van der Waals surface area contributed by atoms with E-state index in [1.807, 2.05) is 13.8 Å². The number of aryl methyl sites for hydroxylation is 1. The van der Waals surface area contributed by atoms with Crippen molar-refractivity contribution in [3.8, 4) is 0 Å². The first-order valence-electron chi connectivity index (χ1n) is 4.72. The normalized spacial score (nSPS) is 10.6. The maximum atomic E-state index is 13.6. The zero-order chi connectivity index (χ0) is 10.7. The maximum absolute atomic E-state index is 13.6. The van der Waals surface area contributed by atoms with Gasteiger partial charge in [-0.25, -0.2) is 4.39 Å². The summed E-state index contributed by atoms with van der Waals surface area (Å²) in [6.07, 6.45) is 1.45. The van der Waals surface area contributed by atoms with Crippen molar-refractivity contribution in [3.63, 3.8) is 0 Å². The molecule has 0 radical (unpaired) electrons. The molecule has 2 N–H and O–H groups in total. The van der Waals surface area contributed by atoms with Crippen molar-refractivity contribution < 1.29 is 4.39 Å². The third-order valence-corrected chi connectivity index (χ3v) is 2.77. The molecule has 0 fully saturated rings. The SMILES string of the molecule is Cc1cc(Cl)c(F)c(CCCN)c1C. The van der Waals surface area contributed by atoms with Gasteiger partial charge in [0.05, 0.1) is 5.02 Å². The molecule has 1 nitrogen and oxygen atoms in total. The van der Waals surface area contributed by atoms with Crippen molar-refractivity contribution in [1.82, 2.24) is 0 Å². The molecule has 14 heavy (non-hydrogen) atoms. The Labute approximate surface area is 89.1 Å². The molecule has 1 rings (SSSR count). The first-order chi connectivity index (χ1) is 6.57. The summed E-state index contributed by atoms with van der Waals surface area (Å²) in [4.78, 5) is 0. The molecule has 0 heterocycles. The Morgan fingerprint density at radius 1 is 1.43 bits per heavy atom. The van der Waals surface area contributed by atoms with E-state index in [0.717, 1.165) is 17.5 Å². The molecule has 0 saturated carbocycles. The van der Waals surface area contributed by atoms with Gasteiger partial charge < -0.3 is 5.73 Å². The molecule has 0 spiro atoms. The van der Waals surface area contributed by atoms with E-state index in [1.54, 1.807) is 6.07 Å². The highest BCUT2D eigenvalue weighted by Gasteiger charge is 2.11. The highest BCUT2D eigenvalue weighted by Crippen LogP contribution is 2.25. The van der Waals surface area contributed by atoms with E-state index in [1.165, 1.54) is 0 Å². The van der Waals surface area contributed by atoms with Crippen LogP contribution < -0.4 is 5.73 Å². The summed E-state index contributed by atoms with van der Waals surface area (Å²) >= 11 is 5.76. The first-order valence-corrected chi connectivity index (χ1v) is 5.10. The largest absolute Gasteiger partial charge is 0.330 e. The third-order valence-electron chi connectivity index (χ3n) is 2.49. The molecule has 78 valence electrons. The van der Waals surface area contributed by atoms with Crippen LogP contribution in [0.4, 0.5) is 4.39 Å². The van der Waals surface area contributed by atoms with E-state index in [2.05, 4.69) is 0 Å². The van der Waals surface area contributed by atoms with Gasteiger partial charge in [0.15, 0.2) is 0 Å². The van der Waals surface area contributed by atoms with Gasteiger partial charge in [0.1, 0.15) is 5.82 Å². The van der Waals surface area contributed by atoms with Crippen LogP contribution in [-0.4, -0.2) is 6.54 Å². The van der Waals surface area contributed by atoms with Crippen molar-refractivity contribution in [3.05, 3.63) is 33.6 Å². The second-order valence-corrected chi connectivity index (χ2v) is 3.89. The molecule has 0 atom stereocenters. The van der Waals surface area contributed by atoms with E-state index >= 15 is 0 Å². The van der Waals surface area contributed by atoms with Crippen LogP contribution in [0.1, 0.15) is 23.1 Å². The summed E-state index contributed by atoms with van der Waals surface area (Å²) < 4.78 is 13.6. The van der Waals surface area contributed by atoms with E-state index in [-0.39, 0.29) is 10.8 Å². The zero-order valence-electron chi connectivity index (χ0n) is 8.53. The summed E-state index contributed by atoms with van der Waals surface area (Å²) in [7, 11) is 0. The van der Waals surface area contributed by atoms with Crippen LogP contribution in [0.2, 0.25) is 5.02 Å². The average molecular weight is 216 g/mol. The van der Waals surface area contributed by atoms with E-state index in [9.17, 15) is 4.39 Å². The average Bonchev–Trinajstić information content (AvgIpc) is 2.15. The van der Waals surface area contributed by atoms with Crippen molar-refractivity contribution in [2.45, 2.75) is 26.7 Å². The molecule has 1 aromatic rings. The fourth-order valence-corrected chi connectivity index (χ4v) is 1.76. The molecule has 1 aromatic carbocycles. The first kappa shape index (κ1) is 11.5. The van der Waals surface area contributed by atoms with Crippen LogP contribution in [0, 0.1) is 19.7 Å². The Hall–Kier alpha value is -0.600. The summed E-state index contributed by atoms with van der Waals surface area (Å²) in [5, 5.41) is 0.208. The smallest absolute Gasteiger partial charge is 0.145 e. The van der Waals surface area contributed by atoms with Crippen LogP contribution in [0.25, 0.3) is 0 Å². The Kier molecular flexibility index (Phi) is 3.90. The van der Waals surface area contributed by atoms with Gasteiger partial charge in [-0.2, -0.15) is 0 Å². The van der Waals surface area contributed by atoms with Crippen molar-refractivity contribution in [2.24, 2.45) is 5.73 Å². The fourth-order valence-electron chi connectivity index (χ4n) is 1.48. The fraction of sp³-hybridized carbons (Fsp3) is 0.455. The number of rotatable bonds is 3. The molecule has 3 heteroatoms. The topological polar surface area (TPSA) is 26.0 Å². The van der Waals surface area contributed by atoms with Gasteiger partial charge in [-0.1, -0.05) is 11.6 Å². The molecule has 0 aliphatic rings. The lowest BCUT2D eigenvalue weighted by Gasteiger charge is -2.11. The molecule has 0 aliphatic heterocycles. The number of nitrogens with two attached hydrogens (primary N) is 1. The predicted molar refractivity (Wildman–Crippen MR) is 58.3 cm³/mol. The predicted octanol–water partition coefficient (Wildman–Crippen LogP) is 2.99. The number of hydrogen-bond donors (Lipinski definition) is 1. The molecular formula is C11H15ClFN. The van der Waals surface area contributed by atoms with Crippen molar-refractivity contribution >= 4 is 11.6 Å². The van der Waals surface area contributed by atoms with Gasteiger partial charge in [-0.15, -0.1) is 0 Å². The van der Waals surface area contributed by atoms with E-state index in [4.69, 9.17) is 17.3 Å². The second kappa shape index (κ2) is 4.76. The molecular weight excluding hydrogens is 201 g/mol. The summed E-state index contributed by atoms with van der Waals surface area (Å²) in [5.74, 6) is -0.289. The standard InChI is InChI=1S/C11H15ClFN/c1-7-6-10(12)11(13)9(8(7)2)4-3-5-14/h6H,3-5,14H2,1-2H3. The van der Waals surface area contributed by atoms with Crippen LogP contribution >= 0.6 is 11.6 Å². The lowest BCUT2D eigenvalue weighted by Crippen LogP contribution is -2.04. The third kappa shape index (κ3) is 2.25. The van der Waals surface area contributed by atoms with Crippen LogP contribution in [0.3, 0.4) is 0 Å². The van der Waals surface area contributed by atoms with Gasteiger partial charge in [-0.3, -0.25) is 0 Å². The van der Waals surface area contributed by atoms with E-state index in [0.29, 0.717) is 18.5 Å². The quantitative estimate of drug-likeness (QED) is 0.824. The molecule has 0 unspecified atom stereocenters. The van der Waals surface area contributed by atoms with E-state index < -0.39 is 0 Å². The second-order valence-electron chi connectivity index (χ2n) is 3.49. The Morgan fingerprint density at radius 3 is 2.64 bits per heavy atom. The monoisotopic (exact) mass is 215 g/mol. The minimum absolute atomic E-state index is 0.208. The zero-order valence-corrected chi connectivity index (χ0v) is 9.29. The molecule has 0 aliphatic carbocycles. The van der Waals surface area contributed by atoms with Gasteiger partial charge in [0.25, 0.3) is 0 Å². The summed E-state index contributed by atoms with van der Waals surface area (Å²) in [5.41, 5.74) is 8.12. The van der Waals surface area contributed by atoms with Crippen molar-refractivity contribution in [1.29, 1.82) is 0 Å². The highest BCUT2D eigenvalue weighted by atomic mass is 35.5. The van der Waals surface area contributed by atoms with Gasteiger partial charge in [0, 0.05) is 0 Å². The van der Waals surface area contributed by atoms with Crippen LogP contribution in [0.5, 0.6) is 0 Å². The number of halogens is 2. The number of hydrogen-bond acceptors (Lipinski definition) is 1. The lowest BCUT2D eigenvalue weighted by molar-refractivity contribution is 0.602. The lowest BCUT2D eigenvalue weighted by atomic mass is 9.99. The van der Waals surface area contributed by atoms with Crippen LogP contribution in [0.15, 0.2) is 6.07 Å². The minimum atomic E-state index is -0.289. The van der Waals surface area contributed by atoms with Gasteiger partial charge in [-0.05, 0) is 56.0 Å². The van der Waals surface area contributed by atoms with Gasteiger partial charge >= 0.3 is 0 Å². The van der Waals surface area contributed by atoms with Crippen molar-refractivity contribution in [2.75, 3.05) is 6.54 Å². The Balaban J connectivity index is 3.11. The number of benzene rings is 1. The minimum Gasteiger partial charge on any atom is -0.330 e. The molecule has 0 bridgehead atoms. The summed E-state index contributed by atoms with van der Waals surface area (Å²) in [6.45, 7) is 4.43. The Morgan fingerprint density at radius 2 is 2.07 bits per heavy atom. The van der Waals surface area contributed by atoms with Crippen LogP contribution in [-0.2, 0) is 6.42 Å². The Bertz CT molecular complexity index is 310.